The molecule has 2 amide bonds. The number of hydrogen-bond donors (Lipinski definition) is 3. The van der Waals surface area contributed by atoms with Crippen molar-refractivity contribution in [3.63, 3.8) is 0 Å². The highest BCUT2D eigenvalue weighted by molar-refractivity contribution is 6.01. The number of alkyl halides is 3. The van der Waals surface area contributed by atoms with E-state index >= 15 is 0 Å². The molecule has 162 valence electrons. The molecule has 6 nitrogen and oxygen atoms in total. The summed E-state index contributed by atoms with van der Waals surface area (Å²) in [7, 11) is 0. The highest BCUT2D eigenvalue weighted by Gasteiger charge is 2.57. The molecule has 31 heavy (non-hydrogen) atoms. The van der Waals surface area contributed by atoms with Crippen LogP contribution in [0.1, 0.15) is 30.5 Å². The predicted octanol–water partition coefficient (Wildman–Crippen LogP) is 4.80. The molecule has 4 rings (SSSR count). The molecule has 0 saturated carbocycles. The van der Waals surface area contributed by atoms with Gasteiger partial charge in [-0.05, 0) is 37.6 Å². The molecule has 0 fully saturated rings. The number of fused-ring (bicyclic) bond motifs is 2. The second-order valence-electron chi connectivity index (χ2n) is 7.76. The Labute approximate surface area is 175 Å². The van der Waals surface area contributed by atoms with Crippen molar-refractivity contribution in [2.24, 2.45) is 0 Å². The van der Waals surface area contributed by atoms with E-state index in [1.165, 1.54) is 12.1 Å². The van der Waals surface area contributed by atoms with Crippen molar-refractivity contribution >= 4 is 22.6 Å². The molecule has 0 aliphatic carbocycles. The third-order valence-electron chi connectivity index (χ3n) is 5.48. The molecule has 0 saturated heterocycles. The van der Waals surface area contributed by atoms with Crippen molar-refractivity contribution in [2.45, 2.75) is 38.1 Å². The number of halogens is 3. The summed E-state index contributed by atoms with van der Waals surface area (Å²) in [5.41, 5.74) is -0.508. The zero-order valence-electron chi connectivity index (χ0n) is 16.8. The maximum Gasteiger partial charge on any atom is 0.428 e. The molecular formula is C22H20F3N3O3. The standard InChI is InChI=1S/C22H20F3N3O3/c1-12-7-9-15-14(8-10-18(29)26-15)19(12)28-20(30)27-16-11-21(2,22(23,24)25)31-17-6-4-3-5-13(16)17/h3-10,16H,11H2,1-2H3,(H,26,29)(H2,27,28,30)/t16-,21-/m1/s1. The lowest BCUT2D eigenvalue weighted by Gasteiger charge is -2.40. The number of benzene rings is 2. The molecule has 0 unspecified atom stereocenters. The molecule has 1 aliphatic heterocycles. The van der Waals surface area contributed by atoms with Crippen LogP contribution in [-0.4, -0.2) is 22.8 Å². The van der Waals surface area contributed by atoms with Crippen molar-refractivity contribution in [1.82, 2.24) is 10.3 Å². The summed E-state index contributed by atoms with van der Waals surface area (Å²) in [6, 6.07) is 11.2. The van der Waals surface area contributed by atoms with Gasteiger partial charge in [0.1, 0.15) is 5.75 Å². The van der Waals surface area contributed by atoms with Crippen molar-refractivity contribution in [3.8, 4) is 5.75 Å². The Morgan fingerprint density at radius 1 is 1.16 bits per heavy atom. The van der Waals surface area contributed by atoms with E-state index in [0.29, 0.717) is 22.2 Å². The molecule has 0 spiro atoms. The van der Waals surface area contributed by atoms with Crippen molar-refractivity contribution in [3.05, 3.63) is 70.0 Å². The zero-order chi connectivity index (χ0) is 22.4. The molecule has 0 bridgehead atoms. The highest BCUT2D eigenvalue weighted by atomic mass is 19.4. The maximum atomic E-state index is 13.7. The molecule has 2 aromatic carbocycles. The second-order valence-corrected chi connectivity index (χ2v) is 7.76. The van der Waals surface area contributed by atoms with Crippen LogP contribution in [0.2, 0.25) is 0 Å². The number of aromatic nitrogens is 1. The van der Waals surface area contributed by atoms with Gasteiger partial charge in [-0.1, -0.05) is 24.3 Å². The van der Waals surface area contributed by atoms with Gasteiger partial charge in [-0.25, -0.2) is 4.79 Å². The van der Waals surface area contributed by atoms with Crippen molar-refractivity contribution < 1.29 is 22.7 Å². The summed E-state index contributed by atoms with van der Waals surface area (Å²) >= 11 is 0. The number of anilines is 1. The third-order valence-corrected chi connectivity index (χ3v) is 5.48. The predicted molar refractivity (Wildman–Crippen MR) is 110 cm³/mol. The highest BCUT2D eigenvalue weighted by Crippen LogP contribution is 2.46. The first kappa shape index (κ1) is 20.8. The van der Waals surface area contributed by atoms with E-state index in [0.717, 1.165) is 12.5 Å². The Hall–Kier alpha value is -3.49. The fourth-order valence-electron chi connectivity index (χ4n) is 3.77. The topological polar surface area (TPSA) is 83.2 Å². The zero-order valence-corrected chi connectivity index (χ0v) is 16.8. The Bertz CT molecular complexity index is 1220. The average Bonchev–Trinajstić information content (AvgIpc) is 2.69. The number of H-pyrrole nitrogens is 1. The number of aromatic amines is 1. The normalized spacial score (nSPS) is 20.6. The summed E-state index contributed by atoms with van der Waals surface area (Å²) in [4.78, 5) is 27.0. The fraction of sp³-hybridized carbons (Fsp3) is 0.273. The van der Waals surface area contributed by atoms with Crippen LogP contribution in [0.5, 0.6) is 5.75 Å². The van der Waals surface area contributed by atoms with Crippen LogP contribution in [0.15, 0.2) is 53.3 Å². The number of pyridine rings is 1. The molecule has 9 heteroatoms. The largest absolute Gasteiger partial charge is 0.478 e. The van der Waals surface area contributed by atoms with Gasteiger partial charge in [-0.3, -0.25) is 4.79 Å². The van der Waals surface area contributed by atoms with E-state index in [-0.39, 0.29) is 11.3 Å². The first-order valence-electron chi connectivity index (χ1n) is 9.62. The molecular weight excluding hydrogens is 411 g/mol. The summed E-state index contributed by atoms with van der Waals surface area (Å²) in [6.45, 7) is 2.76. The lowest BCUT2D eigenvalue weighted by Crippen LogP contribution is -2.53. The van der Waals surface area contributed by atoms with Gasteiger partial charge >= 0.3 is 12.2 Å². The van der Waals surface area contributed by atoms with Gasteiger partial charge in [0.05, 0.1) is 17.2 Å². The van der Waals surface area contributed by atoms with Crippen LogP contribution in [0.4, 0.5) is 23.7 Å². The van der Waals surface area contributed by atoms with Crippen LogP contribution in [-0.2, 0) is 0 Å². The number of nitrogens with one attached hydrogen (secondary N) is 3. The van der Waals surface area contributed by atoms with Gasteiger partial charge < -0.3 is 20.4 Å². The van der Waals surface area contributed by atoms with Gasteiger partial charge in [-0.2, -0.15) is 13.2 Å². The Balaban J connectivity index is 1.64. The summed E-state index contributed by atoms with van der Waals surface area (Å²) in [5, 5.41) is 5.99. The number of urea groups is 1. The van der Waals surface area contributed by atoms with E-state index in [2.05, 4.69) is 15.6 Å². The molecule has 2 atom stereocenters. The quantitative estimate of drug-likeness (QED) is 0.545. The lowest BCUT2D eigenvalue weighted by molar-refractivity contribution is -0.249. The minimum absolute atomic E-state index is 0.0813. The van der Waals surface area contributed by atoms with Crippen molar-refractivity contribution in [2.75, 3.05) is 5.32 Å². The van der Waals surface area contributed by atoms with E-state index in [1.807, 2.05) is 0 Å². The summed E-state index contributed by atoms with van der Waals surface area (Å²) in [6.07, 6.45) is -5.09. The Morgan fingerprint density at radius 2 is 1.90 bits per heavy atom. The van der Waals surface area contributed by atoms with Gasteiger partial charge in [0.15, 0.2) is 0 Å². The van der Waals surface area contributed by atoms with Crippen LogP contribution in [0.3, 0.4) is 0 Å². The number of ether oxygens (including phenoxy) is 1. The van der Waals surface area contributed by atoms with E-state index in [4.69, 9.17) is 4.74 Å². The number of amides is 2. The summed E-state index contributed by atoms with van der Waals surface area (Å²) in [5.74, 6) is 0.0813. The van der Waals surface area contributed by atoms with Gasteiger partial charge in [-0.15, -0.1) is 0 Å². The monoisotopic (exact) mass is 431 g/mol. The molecule has 3 N–H and O–H groups in total. The number of hydrogen-bond acceptors (Lipinski definition) is 3. The summed E-state index contributed by atoms with van der Waals surface area (Å²) < 4.78 is 46.2. The lowest BCUT2D eigenvalue weighted by atomic mass is 9.88. The third kappa shape index (κ3) is 3.83. The average molecular weight is 431 g/mol. The first-order valence-corrected chi connectivity index (χ1v) is 9.62. The molecule has 3 aromatic rings. The molecule has 0 radical (unpaired) electrons. The van der Waals surface area contributed by atoms with Crippen LogP contribution in [0, 0.1) is 6.92 Å². The first-order chi connectivity index (χ1) is 14.6. The van der Waals surface area contributed by atoms with Crippen molar-refractivity contribution in [1.29, 1.82) is 0 Å². The maximum absolute atomic E-state index is 13.7. The minimum Gasteiger partial charge on any atom is -0.478 e. The Morgan fingerprint density at radius 3 is 2.65 bits per heavy atom. The second kappa shape index (κ2) is 7.33. The molecule has 2 heterocycles. The van der Waals surface area contributed by atoms with Gasteiger partial charge in [0.2, 0.25) is 11.2 Å². The SMILES string of the molecule is Cc1ccc2[nH]c(=O)ccc2c1NC(=O)N[C@@H]1C[C@](C)(C(F)(F)F)Oc2ccccc21. The van der Waals surface area contributed by atoms with Gasteiger partial charge in [0, 0.05) is 23.4 Å². The van der Waals surface area contributed by atoms with E-state index in [1.54, 1.807) is 43.3 Å². The molecule has 1 aliphatic rings. The smallest absolute Gasteiger partial charge is 0.428 e. The molecule has 1 aromatic heterocycles. The van der Waals surface area contributed by atoms with Gasteiger partial charge in [0.25, 0.3) is 0 Å². The number of carbonyl (C=O) groups is 1. The minimum atomic E-state index is -4.62. The van der Waals surface area contributed by atoms with Crippen LogP contribution in [0.25, 0.3) is 10.9 Å². The number of para-hydroxylation sites is 1. The number of aryl methyl sites for hydroxylation is 1. The van der Waals surface area contributed by atoms with E-state index in [9.17, 15) is 22.8 Å². The number of rotatable bonds is 2. The number of carbonyl (C=O) groups excluding carboxylic acids is 1. The van der Waals surface area contributed by atoms with E-state index < -0.39 is 30.3 Å². The van der Waals surface area contributed by atoms with Crippen LogP contribution < -0.4 is 20.9 Å². The van der Waals surface area contributed by atoms with Crippen LogP contribution >= 0.6 is 0 Å². The fourth-order valence-corrected chi connectivity index (χ4v) is 3.77. The Kier molecular flexibility index (Phi) is 4.91.